The van der Waals surface area contributed by atoms with E-state index >= 15 is 0 Å². The van der Waals surface area contributed by atoms with Gasteiger partial charge in [-0.15, -0.1) is 0 Å². The van der Waals surface area contributed by atoms with Crippen molar-refractivity contribution in [2.75, 3.05) is 5.32 Å². The predicted molar refractivity (Wildman–Crippen MR) is 87.8 cm³/mol. The normalized spacial score (nSPS) is 16.7. The summed E-state index contributed by atoms with van der Waals surface area (Å²) in [5.74, 6) is -1.27. The van der Waals surface area contributed by atoms with Crippen molar-refractivity contribution in [2.45, 2.75) is 25.3 Å². The number of hydrogen-bond acceptors (Lipinski definition) is 1. The van der Waals surface area contributed by atoms with E-state index in [9.17, 15) is 8.78 Å². The first-order valence-electron chi connectivity index (χ1n) is 7.24. The van der Waals surface area contributed by atoms with Crippen LogP contribution in [0.25, 0.3) is 0 Å². The van der Waals surface area contributed by atoms with Crippen molar-refractivity contribution in [3.8, 4) is 0 Å². The molecule has 0 heterocycles. The molecule has 114 valence electrons. The molecule has 0 saturated carbocycles. The number of fused-ring (bicyclic) bond motifs is 1. The summed E-state index contributed by atoms with van der Waals surface area (Å²) in [6.07, 6.45) is 3.13. The molecular weight excluding hydrogens is 302 g/mol. The SMILES string of the molecule is Fc1ccc(NC(=S)N[C@H]2CCCc3ccccc32)c(F)c1. The highest BCUT2D eigenvalue weighted by atomic mass is 32.1. The fourth-order valence-corrected chi connectivity index (χ4v) is 3.06. The van der Waals surface area contributed by atoms with Crippen molar-refractivity contribution in [2.24, 2.45) is 0 Å². The molecule has 2 aromatic rings. The van der Waals surface area contributed by atoms with Gasteiger partial charge in [-0.25, -0.2) is 8.78 Å². The first kappa shape index (κ1) is 14.9. The highest BCUT2D eigenvalue weighted by Gasteiger charge is 2.20. The third-order valence-electron chi connectivity index (χ3n) is 3.85. The Morgan fingerprint density at radius 3 is 2.77 bits per heavy atom. The van der Waals surface area contributed by atoms with Crippen LogP contribution in [0, 0.1) is 11.6 Å². The third-order valence-corrected chi connectivity index (χ3v) is 4.07. The Morgan fingerprint density at radius 2 is 1.95 bits per heavy atom. The molecule has 1 aliphatic rings. The largest absolute Gasteiger partial charge is 0.356 e. The van der Waals surface area contributed by atoms with Gasteiger partial charge in [0.2, 0.25) is 0 Å². The van der Waals surface area contributed by atoms with Gasteiger partial charge in [-0.1, -0.05) is 24.3 Å². The van der Waals surface area contributed by atoms with Gasteiger partial charge in [0.05, 0.1) is 11.7 Å². The lowest BCUT2D eigenvalue weighted by atomic mass is 9.88. The number of rotatable bonds is 2. The molecule has 5 heteroatoms. The summed E-state index contributed by atoms with van der Waals surface area (Å²) in [6.45, 7) is 0. The molecule has 1 aliphatic carbocycles. The van der Waals surface area contributed by atoms with E-state index in [-0.39, 0.29) is 11.7 Å². The van der Waals surface area contributed by atoms with Gasteiger partial charge in [0.15, 0.2) is 5.11 Å². The van der Waals surface area contributed by atoms with E-state index in [0.717, 1.165) is 25.3 Å². The topological polar surface area (TPSA) is 24.1 Å². The molecule has 3 rings (SSSR count). The van der Waals surface area contributed by atoms with Crippen LogP contribution in [0.15, 0.2) is 42.5 Å². The van der Waals surface area contributed by atoms with Crippen LogP contribution in [0.3, 0.4) is 0 Å². The Hall–Kier alpha value is -2.01. The number of thiocarbonyl (C=S) groups is 1. The Kier molecular flexibility index (Phi) is 4.34. The first-order valence-corrected chi connectivity index (χ1v) is 7.64. The van der Waals surface area contributed by atoms with Crippen LogP contribution in [0.1, 0.15) is 30.0 Å². The van der Waals surface area contributed by atoms with Crippen LogP contribution >= 0.6 is 12.2 Å². The van der Waals surface area contributed by atoms with E-state index < -0.39 is 11.6 Å². The van der Waals surface area contributed by atoms with Crippen LogP contribution in [0.5, 0.6) is 0 Å². The number of nitrogens with one attached hydrogen (secondary N) is 2. The van der Waals surface area contributed by atoms with E-state index in [0.29, 0.717) is 5.11 Å². The second-order valence-electron chi connectivity index (χ2n) is 5.37. The minimum Gasteiger partial charge on any atom is -0.356 e. The smallest absolute Gasteiger partial charge is 0.171 e. The molecule has 0 spiro atoms. The molecule has 2 N–H and O–H groups in total. The van der Waals surface area contributed by atoms with Gasteiger partial charge in [0.1, 0.15) is 11.6 Å². The zero-order valence-corrected chi connectivity index (χ0v) is 12.7. The molecule has 0 aromatic heterocycles. The molecule has 2 aromatic carbocycles. The van der Waals surface area contributed by atoms with Gasteiger partial charge >= 0.3 is 0 Å². The van der Waals surface area contributed by atoms with E-state index in [1.807, 2.05) is 12.1 Å². The van der Waals surface area contributed by atoms with E-state index in [4.69, 9.17) is 12.2 Å². The number of halogens is 2. The van der Waals surface area contributed by atoms with Gasteiger partial charge in [0, 0.05) is 6.07 Å². The standard InChI is InChI=1S/C17H16F2N2S/c18-12-8-9-16(14(19)10-12)21-17(22)20-15-7-3-5-11-4-1-2-6-13(11)15/h1-2,4,6,8-10,15H,3,5,7H2,(H2,20,21,22)/t15-/m0/s1. The quantitative estimate of drug-likeness (QED) is 0.806. The number of anilines is 1. The molecule has 22 heavy (non-hydrogen) atoms. The monoisotopic (exact) mass is 318 g/mol. The van der Waals surface area contributed by atoms with Gasteiger partial charge < -0.3 is 10.6 Å². The summed E-state index contributed by atoms with van der Waals surface area (Å²) in [7, 11) is 0. The summed E-state index contributed by atoms with van der Waals surface area (Å²) in [4.78, 5) is 0. The van der Waals surface area contributed by atoms with Crippen LogP contribution < -0.4 is 10.6 Å². The molecule has 0 fully saturated rings. The van der Waals surface area contributed by atoms with Crippen molar-refractivity contribution >= 4 is 23.0 Å². The summed E-state index contributed by atoms with van der Waals surface area (Å²) in [5, 5.41) is 6.36. The average molecular weight is 318 g/mol. The molecule has 0 amide bonds. The van der Waals surface area contributed by atoms with Crippen LogP contribution in [0.4, 0.5) is 14.5 Å². The van der Waals surface area contributed by atoms with Crippen molar-refractivity contribution in [3.63, 3.8) is 0 Å². The molecule has 2 nitrogen and oxygen atoms in total. The maximum absolute atomic E-state index is 13.6. The summed E-state index contributed by atoms with van der Waals surface area (Å²) >= 11 is 5.26. The Morgan fingerprint density at radius 1 is 1.14 bits per heavy atom. The molecule has 0 bridgehead atoms. The second-order valence-corrected chi connectivity index (χ2v) is 5.77. The lowest BCUT2D eigenvalue weighted by Crippen LogP contribution is -2.34. The number of hydrogen-bond donors (Lipinski definition) is 2. The molecule has 0 saturated heterocycles. The van der Waals surface area contributed by atoms with Crippen molar-refractivity contribution < 1.29 is 8.78 Å². The fourth-order valence-electron chi connectivity index (χ4n) is 2.81. The minimum absolute atomic E-state index is 0.119. The fraction of sp³-hybridized carbons (Fsp3) is 0.235. The van der Waals surface area contributed by atoms with Crippen LogP contribution in [-0.4, -0.2) is 5.11 Å². The highest BCUT2D eigenvalue weighted by molar-refractivity contribution is 7.80. The summed E-state index contributed by atoms with van der Waals surface area (Å²) in [6, 6.07) is 11.7. The Bertz CT molecular complexity index is 703. The van der Waals surface area contributed by atoms with Gasteiger partial charge in [0.25, 0.3) is 0 Å². The van der Waals surface area contributed by atoms with Gasteiger partial charge in [-0.3, -0.25) is 0 Å². The average Bonchev–Trinajstić information content (AvgIpc) is 2.50. The maximum atomic E-state index is 13.6. The van der Waals surface area contributed by atoms with Crippen LogP contribution in [-0.2, 0) is 6.42 Å². The number of aryl methyl sites for hydroxylation is 1. The third kappa shape index (κ3) is 3.25. The van der Waals surface area contributed by atoms with E-state index in [2.05, 4.69) is 22.8 Å². The number of benzene rings is 2. The lowest BCUT2D eigenvalue weighted by molar-refractivity contribution is 0.529. The first-order chi connectivity index (χ1) is 10.6. The maximum Gasteiger partial charge on any atom is 0.171 e. The lowest BCUT2D eigenvalue weighted by Gasteiger charge is -2.27. The minimum atomic E-state index is -0.659. The Balaban J connectivity index is 1.70. The second kappa shape index (κ2) is 6.40. The zero-order chi connectivity index (χ0) is 15.5. The molecule has 1 atom stereocenters. The Labute approximate surface area is 133 Å². The van der Waals surface area contributed by atoms with E-state index in [1.54, 1.807) is 0 Å². The predicted octanol–water partition coefficient (Wildman–Crippen LogP) is 4.33. The molecule has 0 radical (unpaired) electrons. The molecule has 0 unspecified atom stereocenters. The van der Waals surface area contributed by atoms with Crippen molar-refractivity contribution in [1.82, 2.24) is 5.32 Å². The zero-order valence-electron chi connectivity index (χ0n) is 11.9. The van der Waals surface area contributed by atoms with Gasteiger partial charge in [-0.2, -0.15) is 0 Å². The van der Waals surface area contributed by atoms with E-state index in [1.165, 1.54) is 23.3 Å². The summed E-state index contributed by atoms with van der Waals surface area (Å²) in [5.41, 5.74) is 2.72. The molecule has 0 aliphatic heterocycles. The van der Waals surface area contributed by atoms with Crippen molar-refractivity contribution in [1.29, 1.82) is 0 Å². The highest BCUT2D eigenvalue weighted by Crippen LogP contribution is 2.29. The van der Waals surface area contributed by atoms with Crippen molar-refractivity contribution in [3.05, 3.63) is 65.2 Å². The van der Waals surface area contributed by atoms with Crippen LogP contribution in [0.2, 0.25) is 0 Å². The molecular formula is C17H16F2N2S. The summed E-state index contributed by atoms with van der Waals surface area (Å²) < 4.78 is 26.5. The van der Waals surface area contributed by atoms with Gasteiger partial charge in [-0.05, 0) is 54.7 Å².